The number of para-hydroxylation sites is 1. The fourth-order valence-electron chi connectivity index (χ4n) is 7.91. The van der Waals surface area contributed by atoms with Crippen LogP contribution in [0.25, 0.3) is 28.2 Å². The molecule has 0 atom stereocenters. The largest absolute Gasteiger partial charge is 0.478 e. The van der Waals surface area contributed by atoms with Crippen molar-refractivity contribution < 1.29 is 19.5 Å². The molecular formula is C40H42N4O4. The predicted octanol–water partition coefficient (Wildman–Crippen LogP) is 8.63. The minimum atomic E-state index is -1.02. The molecule has 2 saturated carbocycles. The summed E-state index contributed by atoms with van der Waals surface area (Å²) in [6, 6.07) is 21.5. The molecule has 4 aromatic rings. The monoisotopic (exact) mass is 642 g/mol. The number of nitrogens with zero attached hydrogens (tertiary/aromatic N) is 2. The van der Waals surface area contributed by atoms with Crippen molar-refractivity contribution in [2.45, 2.75) is 88.6 Å². The third kappa shape index (κ3) is 6.31. The summed E-state index contributed by atoms with van der Waals surface area (Å²) in [6.07, 6.45) is 15.3. The quantitative estimate of drug-likeness (QED) is 0.175. The van der Waals surface area contributed by atoms with Crippen LogP contribution in [0, 0.1) is 0 Å². The topological polar surface area (TPSA) is 113 Å². The van der Waals surface area contributed by atoms with Crippen molar-refractivity contribution >= 4 is 52.4 Å². The number of rotatable bonds is 7. The number of amides is 2. The number of fused-ring (bicyclic) bond motifs is 5. The van der Waals surface area contributed by atoms with E-state index in [1.165, 1.54) is 54.8 Å². The number of carbonyl (C=O) groups excluding carboxylic acids is 2. The number of aliphatic carboxylic acids is 1. The van der Waals surface area contributed by atoms with Crippen molar-refractivity contribution in [1.82, 2.24) is 9.88 Å². The number of benzene rings is 3. The Morgan fingerprint density at radius 2 is 1.67 bits per heavy atom. The van der Waals surface area contributed by atoms with E-state index in [-0.39, 0.29) is 11.8 Å². The van der Waals surface area contributed by atoms with Crippen LogP contribution >= 0.6 is 0 Å². The van der Waals surface area contributed by atoms with Crippen molar-refractivity contribution in [1.29, 1.82) is 0 Å². The van der Waals surface area contributed by atoms with Crippen LogP contribution in [0.2, 0.25) is 0 Å². The molecule has 0 spiro atoms. The van der Waals surface area contributed by atoms with Gasteiger partial charge in [-0.15, -0.1) is 0 Å². The van der Waals surface area contributed by atoms with E-state index in [0.717, 1.165) is 55.1 Å². The lowest BCUT2D eigenvalue weighted by molar-refractivity contribution is -0.131. The van der Waals surface area contributed by atoms with Gasteiger partial charge in [0.2, 0.25) is 5.91 Å². The van der Waals surface area contributed by atoms with Crippen LogP contribution in [-0.4, -0.2) is 39.2 Å². The Bertz CT molecular complexity index is 1910. The third-order valence-electron chi connectivity index (χ3n) is 10.3. The maximum absolute atomic E-state index is 14.1. The van der Waals surface area contributed by atoms with Gasteiger partial charge < -0.3 is 20.3 Å². The van der Waals surface area contributed by atoms with Crippen LogP contribution in [0.5, 0.6) is 0 Å². The normalized spacial score (nSPS) is 17.7. The maximum atomic E-state index is 14.1. The van der Waals surface area contributed by atoms with Crippen molar-refractivity contribution in [2.24, 2.45) is 4.99 Å². The molecule has 8 heteroatoms. The maximum Gasteiger partial charge on any atom is 0.328 e. The molecular weight excluding hydrogens is 600 g/mol. The lowest BCUT2D eigenvalue weighted by Gasteiger charge is -2.29. The van der Waals surface area contributed by atoms with E-state index < -0.39 is 11.5 Å². The summed E-state index contributed by atoms with van der Waals surface area (Å²) >= 11 is 0. The molecule has 3 N–H and O–H groups in total. The van der Waals surface area contributed by atoms with E-state index >= 15 is 0 Å². The number of aromatic nitrogens is 1. The number of nitrogens with one attached hydrogen (secondary N) is 2. The van der Waals surface area contributed by atoms with E-state index in [4.69, 9.17) is 10.1 Å². The van der Waals surface area contributed by atoms with E-state index in [9.17, 15) is 14.4 Å². The Morgan fingerprint density at radius 1 is 0.896 bits per heavy atom. The molecule has 0 radical (unpaired) electrons. The molecule has 3 aromatic carbocycles. The lowest BCUT2D eigenvalue weighted by Crippen LogP contribution is -2.55. The summed E-state index contributed by atoms with van der Waals surface area (Å²) in [4.78, 5) is 43.6. The van der Waals surface area contributed by atoms with E-state index in [1.54, 1.807) is 24.3 Å². The first kappa shape index (κ1) is 31.6. The zero-order valence-electron chi connectivity index (χ0n) is 27.2. The molecule has 8 nitrogen and oxygen atoms in total. The first-order valence-electron chi connectivity index (χ1n) is 17.3. The highest BCUT2D eigenvalue weighted by Crippen LogP contribution is 2.46. The minimum absolute atomic E-state index is 0.233. The van der Waals surface area contributed by atoms with Gasteiger partial charge in [-0.1, -0.05) is 68.5 Å². The standard InChI is InChI=1S/C40H42N4O4/c45-35(46)21-16-27-14-18-30(19-15-27)42-39(48)40(22-6-7-23-40)43-38(47)29-17-20-32-34(26-29)44-25-9-8-24-41-33-13-5-4-12-31(33)37(44)36(32)28-10-2-1-3-11-28/h4-5,12-21,24,26,28H,1-3,6-11,22-23,25H2,(H,42,48)(H,43,47)(H,45,46). The second kappa shape index (κ2) is 13.6. The summed E-state index contributed by atoms with van der Waals surface area (Å²) in [5.74, 6) is -1.04. The number of carbonyl (C=O) groups is 3. The molecule has 2 amide bonds. The minimum Gasteiger partial charge on any atom is -0.478 e. The molecule has 7 rings (SSSR count). The van der Waals surface area contributed by atoms with Gasteiger partial charge >= 0.3 is 5.97 Å². The van der Waals surface area contributed by atoms with Crippen LogP contribution in [0.15, 0.2) is 77.8 Å². The molecule has 246 valence electrons. The number of hydrogen-bond donors (Lipinski definition) is 3. The second-order valence-electron chi connectivity index (χ2n) is 13.4. The highest BCUT2D eigenvalue weighted by molar-refractivity contribution is 6.06. The molecule has 2 aliphatic carbocycles. The first-order valence-corrected chi connectivity index (χ1v) is 17.3. The number of hydrogen-bond acceptors (Lipinski definition) is 4. The molecule has 0 bridgehead atoms. The molecule has 3 aliphatic rings. The Hall–Kier alpha value is -4.98. The number of carboxylic acids is 1. The Kier molecular flexibility index (Phi) is 8.98. The number of aryl methyl sites for hydroxylation is 1. The van der Waals surface area contributed by atoms with Crippen molar-refractivity contribution in [3.8, 4) is 11.3 Å². The van der Waals surface area contributed by atoms with E-state index in [2.05, 4.69) is 39.5 Å². The molecule has 2 heterocycles. The van der Waals surface area contributed by atoms with Gasteiger partial charge in [-0.3, -0.25) is 14.6 Å². The van der Waals surface area contributed by atoms with Crippen LogP contribution < -0.4 is 10.6 Å². The highest BCUT2D eigenvalue weighted by atomic mass is 16.4. The van der Waals surface area contributed by atoms with Gasteiger partial charge in [0.1, 0.15) is 5.54 Å². The Labute approximate surface area is 281 Å². The lowest BCUT2D eigenvalue weighted by atomic mass is 9.81. The second-order valence-corrected chi connectivity index (χ2v) is 13.4. The molecule has 0 saturated heterocycles. The van der Waals surface area contributed by atoms with Crippen molar-refractivity contribution in [2.75, 3.05) is 5.32 Å². The fraction of sp³-hybridized carbons (Fsp3) is 0.350. The van der Waals surface area contributed by atoms with Gasteiger partial charge in [-0.05, 0) is 92.0 Å². The average molecular weight is 643 g/mol. The molecule has 1 aromatic heterocycles. The summed E-state index contributed by atoms with van der Waals surface area (Å²) in [6.45, 7) is 0.835. The van der Waals surface area contributed by atoms with Crippen molar-refractivity contribution in [3.63, 3.8) is 0 Å². The number of carboxylic acid groups (broad SMARTS) is 1. The molecule has 48 heavy (non-hydrogen) atoms. The zero-order chi connectivity index (χ0) is 33.1. The van der Waals surface area contributed by atoms with Gasteiger partial charge in [-0.2, -0.15) is 0 Å². The number of aliphatic imine (C=N–C) groups is 1. The smallest absolute Gasteiger partial charge is 0.328 e. The predicted molar refractivity (Wildman–Crippen MR) is 191 cm³/mol. The van der Waals surface area contributed by atoms with Crippen LogP contribution in [0.4, 0.5) is 11.4 Å². The summed E-state index contributed by atoms with van der Waals surface area (Å²) in [5.41, 5.74) is 6.67. The van der Waals surface area contributed by atoms with Crippen LogP contribution in [0.3, 0.4) is 0 Å². The fourth-order valence-corrected chi connectivity index (χ4v) is 7.91. The van der Waals surface area contributed by atoms with E-state index in [0.29, 0.717) is 35.6 Å². The molecule has 0 unspecified atom stereocenters. The Balaban J connectivity index is 1.22. The number of anilines is 1. The van der Waals surface area contributed by atoms with Crippen LogP contribution in [-0.2, 0) is 16.1 Å². The van der Waals surface area contributed by atoms with Gasteiger partial charge in [0, 0.05) is 46.6 Å². The first-order chi connectivity index (χ1) is 23.4. The van der Waals surface area contributed by atoms with E-state index in [1.807, 2.05) is 24.4 Å². The zero-order valence-corrected chi connectivity index (χ0v) is 27.2. The van der Waals surface area contributed by atoms with Gasteiger partial charge in [0.25, 0.3) is 5.91 Å². The summed E-state index contributed by atoms with van der Waals surface area (Å²) in [5, 5.41) is 16.3. The Morgan fingerprint density at radius 3 is 2.44 bits per heavy atom. The highest BCUT2D eigenvalue weighted by Gasteiger charge is 2.43. The van der Waals surface area contributed by atoms with Crippen LogP contribution in [0.1, 0.15) is 98.0 Å². The third-order valence-corrected chi connectivity index (χ3v) is 10.3. The van der Waals surface area contributed by atoms with Crippen molar-refractivity contribution in [3.05, 3.63) is 89.5 Å². The van der Waals surface area contributed by atoms with Gasteiger partial charge in [0.15, 0.2) is 0 Å². The average Bonchev–Trinajstić information content (AvgIpc) is 3.73. The SMILES string of the molecule is O=C(O)C=Cc1ccc(NC(=O)C2(NC(=O)c3ccc4c(C5CCCCC5)c5n(c4c3)CCCC=Nc3ccccc3-5)CCCC2)cc1. The summed E-state index contributed by atoms with van der Waals surface area (Å²) in [7, 11) is 0. The van der Waals surface area contributed by atoms with Gasteiger partial charge in [0.05, 0.1) is 11.4 Å². The summed E-state index contributed by atoms with van der Waals surface area (Å²) < 4.78 is 2.43. The van der Waals surface area contributed by atoms with Gasteiger partial charge in [-0.25, -0.2) is 4.79 Å². The molecule has 2 fully saturated rings. The molecule has 1 aliphatic heterocycles.